The molecular formula is C25H15N3. The van der Waals surface area contributed by atoms with Gasteiger partial charge >= 0.3 is 0 Å². The summed E-state index contributed by atoms with van der Waals surface area (Å²) < 4.78 is 0. The van der Waals surface area contributed by atoms with Crippen molar-refractivity contribution in [2.75, 3.05) is 0 Å². The van der Waals surface area contributed by atoms with E-state index in [2.05, 4.69) is 53.5 Å². The largest absolute Gasteiger partial charge is 0.254 e. The summed E-state index contributed by atoms with van der Waals surface area (Å²) in [5.74, 6) is 0. The predicted molar refractivity (Wildman–Crippen MR) is 115 cm³/mol. The first-order valence-corrected chi connectivity index (χ1v) is 9.30. The molecule has 0 fully saturated rings. The van der Waals surface area contributed by atoms with Gasteiger partial charge < -0.3 is 0 Å². The summed E-state index contributed by atoms with van der Waals surface area (Å²) in [7, 11) is 0. The minimum atomic E-state index is 0.931. The maximum atomic E-state index is 4.99. The van der Waals surface area contributed by atoms with Gasteiger partial charge in [-0.25, -0.2) is 4.98 Å². The number of aromatic nitrogens is 3. The van der Waals surface area contributed by atoms with Crippen LogP contribution in [0.1, 0.15) is 0 Å². The van der Waals surface area contributed by atoms with E-state index in [1.165, 1.54) is 5.39 Å². The van der Waals surface area contributed by atoms with Gasteiger partial charge in [0.1, 0.15) is 0 Å². The third-order valence-electron chi connectivity index (χ3n) is 5.32. The standard InChI is InChI=1S/C25H15N3/c1-2-7-16(8-3-1)23-20-15-27-25-19(13-12-17-9-6-14-26-24(17)25)22(20)18-10-4-5-11-21(18)28-23/h1-15H. The van der Waals surface area contributed by atoms with Crippen molar-refractivity contribution in [1.82, 2.24) is 15.0 Å². The van der Waals surface area contributed by atoms with Crippen LogP contribution in [-0.4, -0.2) is 15.0 Å². The Balaban J connectivity index is 1.87. The minimum absolute atomic E-state index is 0.931. The number of para-hydroxylation sites is 1. The lowest BCUT2D eigenvalue weighted by Crippen LogP contribution is -1.93. The Morgan fingerprint density at radius 3 is 2.36 bits per heavy atom. The molecule has 0 atom stereocenters. The molecule has 0 aliphatic rings. The zero-order valence-corrected chi connectivity index (χ0v) is 15.0. The molecule has 0 N–H and O–H groups in total. The van der Waals surface area contributed by atoms with E-state index in [1.807, 2.05) is 42.7 Å². The van der Waals surface area contributed by atoms with Crippen molar-refractivity contribution in [3.8, 4) is 11.3 Å². The van der Waals surface area contributed by atoms with Crippen LogP contribution in [0, 0.1) is 0 Å². The fourth-order valence-corrected chi connectivity index (χ4v) is 4.05. The lowest BCUT2D eigenvalue weighted by atomic mass is 9.97. The van der Waals surface area contributed by atoms with Crippen molar-refractivity contribution in [2.45, 2.75) is 0 Å². The lowest BCUT2D eigenvalue weighted by molar-refractivity contribution is 1.37. The fraction of sp³-hybridized carbons (Fsp3) is 0. The molecule has 3 heterocycles. The first-order valence-electron chi connectivity index (χ1n) is 9.30. The van der Waals surface area contributed by atoms with Crippen LogP contribution in [0.4, 0.5) is 0 Å². The van der Waals surface area contributed by atoms with E-state index in [0.717, 1.165) is 49.4 Å². The van der Waals surface area contributed by atoms with Gasteiger partial charge in [0.05, 0.1) is 22.2 Å². The number of nitrogens with zero attached hydrogens (tertiary/aromatic N) is 3. The molecule has 3 nitrogen and oxygen atoms in total. The summed E-state index contributed by atoms with van der Waals surface area (Å²) in [6.07, 6.45) is 3.78. The van der Waals surface area contributed by atoms with Gasteiger partial charge in [0.25, 0.3) is 0 Å². The Morgan fingerprint density at radius 2 is 1.43 bits per heavy atom. The second-order valence-electron chi connectivity index (χ2n) is 6.93. The molecule has 0 radical (unpaired) electrons. The number of benzene rings is 3. The molecule has 0 saturated carbocycles. The monoisotopic (exact) mass is 357 g/mol. The molecule has 28 heavy (non-hydrogen) atoms. The molecular weight excluding hydrogens is 342 g/mol. The summed E-state index contributed by atoms with van der Waals surface area (Å²) >= 11 is 0. The van der Waals surface area contributed by atoms with E-state index >= 15 is 0 Å². The highest BCUT2D eigenvalue weighted by molar-refractivity contribution is 6.24. The van der Waals surface area contributed by atoms with Crippen LogP contribution in [0.3, 0.4) is 0 Å². The smallest absolute Gasteiger partial charge is 0.0971 e. The van der Waals surface area contributed by atoms with Gasteiger partial charge in [0, 0.05) is 44.9 Å². The maximum absolute atomic E-state index is 4.99. The molecule has 0 amide bonds. The predicted octanol–water partition coefficient (Wildman–Crippen LogP) is 6.15. The first-order chi connectivity index (χ1) is 13.9. The van der Waals surface area contributed by atoms with Crippen molar-refractivity contribution in [2.24, 2.45) is 0 Å². The van der Waals surface area contributed by atoms with Crippen molar-refractivity contribution >= 4 is 43.5 Å². The Bertz CT molecular complexity index is 1500. The summed E-state index contributed by atoms with van der Waals surface area (Å²) in [5, 5.41) is 5.59. The molecule has 0 unspecified atom stereocenters. The number of hydrogen-bond donors (Lipinski definition) is 0. The molecule has 0 bridgehead atoms. The van der Waals surface area contributed by atoms with Gasteiger partial charge in [0.2, 0.25) is 0 Å². The van der Waals surface area contributed by atoms with Gasteiger partial charge in [0.15, 0.2) is 0 Å². The van der Waals surface area contributed by atoms with Crippen molar-refractivity contribution in [3.05, 3.63) is 91.3 Å². The normalized spacial score (nSPS) is 11.6. The average Bonchev–Trinajstić information content (AvgIpc) is 2.78. The van der Waals surface area contributed by atoms with Crippen LogP contribution in [0.15, 0.2) is 91.3 Å². The topological polar surface area (TPSA) is 38.7 Å². The van der Waals surface area contributed by atoms with Crippen LogP contribution in [0.2, 0.25) is 0 Å². The zero-order valence-electron chi connectivity index (χ0n) is 15.0. The summed E-state index contributed by atoms with van der Waals surface area (Å²) in [6.45, 7) is 0. The molecule has 130 valence electrons. The van der Waals surface area contributed by atoms with Crippen molar-refractivity contribution in [1.29, 1.82) is 0 Å². The van der Waals surface area contributed by atoms with Crippen LogP contribution < -0.4 is 0 Å². The third-order valence-corrected chi connectivity index (χ3v) is 5.32. The number of fused-ring (bicyclic) bond motifs is 7. The Morgan fingerprint density at radius 1 is 0.571 bits per heavy atom. The highest BCUT2D eigenvalue weighted by Crippen LogP contribution is 2.37. The summed E-state index contributed by atoms with van der Waals surface area (Å²) in [4.78, 5) is 14.4. The molecule has 0 aliphatic carbocycles. The van der Waals surface area contributed by atoms with Crippen molar-refractivity contribution < 1.29 is 0 Å². The second kappa shape index (κ2) is 5.83. The highest BCUT2D eigenvalue weighted by Gasteiger charge is 2.14. The first kappa shape index (κ1) is 15.2. The lowest BCUT2D eigenvalue weighted by Gasteiger charge is -2.12. The Labute approximate surface area is 161 Å². The molecule has 0 aliphatic heterocycles. The fourth-order valence-electron chi connectivity index (χ4n) is 4.05. The summed E-state index contributed by atoms with van der Waals surface area (Å²) in [5.41, 5.74) is 4.91. The number of pyridine rings is 3. The maximum Gasteiger partial charge on any atom is 0.0971 e. The number of rotatable bonds is 1. The van der Waals surface area contributed by atoms with E-state index in [-0.39, 0.29) is 0 Å². The molecule has 3 aromatic carbocycles. The van der Waals surface area contributed by atoms with Gasteiger partial charge in [-0.15, -0.1) is 0 Å². The van der Waals surface area contributed by atoms with Gasteiger partial charge in [-0.05, 0) is 12.1 Å². The van der Waals surface area contributed by atoms with Crippen LogP contribution in [0.5, 0.6) is 0 Å². The van der Waals surface area contributed by atoms with Gasteiger partial charge in [-0.3, -0.25) is 9.97 Å². The molecule has 3 heteroatoms. The minimum Gasteiger partial charge on any atom is -0.254 e. The molecule has 6 aromatic rings. The molecule has 6 rings (SSSR count). The quantitative estimate of drug-likeness (QED) is 0.331. The molecule has 0 spiro atoms. The SMILES string of the molecule is c1ccc(-c2nc3ccccc3c3c2cnc2c3ccc3cccnc32)cc1. The zero-order chi connectivity index (χ0) is 18.5. The number of hydrogen-bond acceptors (Lipinski definition) is 3. The van der Waals surface area contributed by atoms with Crippen LogP contribution in [-0.2, 0) is 0 Å². The summed E-state index contributed by atoms with van der Waals surface area (Å²) in [6, 6.07) is 27.0. The molecule has 0 saturated heterocycles. The van der Waals surface area contributed by atoms with E-state index in [9.17, 15) is 0 Å². The van der Waals surface area contributed by atoms with Crippen molar-refractivity contribution in [3.63, 3.8) is 0 Å². The van der Waals surface area contributed by atoms with Gasteiger partial charge in [-0.2, -0.15) is 0 Å². The van der Waals surface area contributed by atoms with E-state index in [4.69, 9.17) is 9.97 Å². The second-order valence-corrected chi connectivity index (χ2v) is 6.93. The van der Waals surface area contributed by atoms with E-state index in [1.54, 1.807) is 0 Å². The molecule has 3 aromatic heterocycles. The van der Waals surface area contributed by atoms with Gasteiger partial charge in [-0.1, -0.05) is 66.7 Å². The van der Waals surface area contributed by atoms with E-state index in [0.29, 0.717) is 0 Å². The van der Waals surface area contributed by atoms with Crippen LogP contribution in [0.25, 0.3) is 54.7 Å². The highest BCUT2D eigenvalue weighted by atomic mass is 14.8. The van der Waals surface area contributed by atoms with E-state index < -0.39 is 0 Å². The Hall–Kier alpha value is -3.85. The third kappa shape index (κ3) is 2.13. The average molecular weight is 357 g/mol. The van der Waals surface area contributed by atoms with Crippen LogP contribution >= 0.6 is 0 Å². The Kier molecular flexibility index (Phi) is 3.17.